The van der Waals surface area contributed by atoms with Crippen LogP contribution < -0.4 is 0 Å². The Balaban J connectivity index is 1.44. The Bertz CT molecular complexity index is 1000. The summed E-state index contributed by atoms with van der Waals surface area (Å²) in [6.07, 6.45) is 3.97. The molecule has 1 atom stereocenters. The van der Waals surface area contributed by atoms with E-state index in [2.05, 4.69) is 58.3 Å². The summed E-state index contributed by atoms with van der Waals surface area (Å²) >= 11 is 0. The minimum atomic E-state index is -0.471. The van der Waals surface area contributed by atoms with Crippen molar-refractivity contribution in [3.05, 3.63) is 107 Å². The maximum Gasteiger partial charge on any atom is 0.123 e. The number of halogens is 1. The fraction of sp³-hybridized carbons (Fsp3) is 0.345. The average molecular weight is 443 g/mol. The smallest absolute Gasteiger partial charge is 0.123 e. The van der Waals surface area contributed by atoms with Gasteiger partial charge < -0.3 is 4.79 Å². The third-order valence-corrected chi connectivity index (χ3v) is 7.41. The van der Waals surface area contributed by atoms with Crippen LogP contribution >= 0.6 is 0 Å². The number of hydrogen-bond donors (Lipinski definition) is 0. The monoisotopic (exact) mass is 442 g/mol. The van der Waals surface area contributed by atoms with Gasteiger partial charge in [-0.25, -0.2) is 4.39 Å². The summed E-state index contributed by atoms with van der Waals surface area (Å²) < 4.78 is 13.5. The molecule has 0 amide bonds. The molecule has 3 aromatic rings. The molecule has 5 rings (SSSR count). The lowest BCUT2D eigenvalue weighted by atomic mass is 9.78. The molecule has 0 radical (unpaired) electrons. The molecule has 1 aliphatic heterocycles. The molecule has 0 bridgehead atoms. The second kappa shape index (κ2) is 9.58. The first kappa shape index (κ1) is 22.0. The summed E-state index contributed by atoms with van der Waals surface area (Å²) in [7, 11) is 0. The molecule has 170 valence electrons. The van der Waals surface area contributed by atoms with E-state index in [0.29, 0.717) is 18.4 Å². The summed E-state index contributed by atoms with van der Waals surface area (Å²) in [4.78, 5) is 17.1. The van der Waals surface area contributed by atoms with Crippen LogP contribution in [0.1, 0.15) is 42.0 Å². The number of carbonyl (C=O) groups excluding carboxylic acids is 1. The van der Waals surface area contributed by atoms with Crippen LogP contribution in [-0.4, -0.2) is 42.3 Å². The van der Waals surface area contributed by atoms with Crippen LogP contribution in [0.4, 0.5) is 4.39 Å². The average Bonchev–Trinajstić information content (AvgIpc) is 3.71. The number of hydrogen-bond acceptors (Lipinski definition) is 3. The molecule has 3 nitrogen and oxygen atoms in total. The molecule has 2 aliphatic rings. The van der Waals surface area contributed by atoms with Gasteiger partial charge in [-0.15, -0.1) is 0 Å². The molecule has 33 heavy (non-hydrogen) atoms. The summed E-state index contributed by atoms with van der Waals surface area (Å²) in [6.45, 7) is 3.61. The highest BCUT2D eigenvalue weighted by Gasteiger charge is 2.43. The maximum absolute atomic E-state index is 13.5. The van der Waals surface area contributed by atoms with E-state index in [0.717, 1.165) is 43.6 Å². The van der Waals surface area contributed by atoms with Crippen molar-refractivity contribution in [2.24, 2.45) is 5.92 Å². The van der Waals surface area contributed by atoms with Crippen molar-refractivity contribution in [1.29, 1.82) is 0 Å². The molecular formula is C29H31FN2O. The Hall–Kier alpha value is -2.82. The van der Waals surface area contributed by atoms with Gasteiger partial charge in [0.25, 0.3) is 0 Å². The van der Waals surface area contributed by atoms with Gasteiger partial charge in [0, 0.05) is 38.6 Å². The second-order valence-electron chi connectivity index (χ2n) is 9.32. The SMILES string of the molecule is O=CCC(c1ccccc1)(c1ccccc1)N1CCN(C(c2ccc(F)cc2)C2CC2)CC1. The van der Waals surface area contributed by atoms with Crippen molar-refractivity contribution in [1.82, 2.24) is 9.80 Å². The van der Waals surface area contributed by atoms with Gasteiger partial charge >= 0.3 is 0 Å². The number of carbonyl (C=O) groups is 1. The normalized spacial score (nSPS) is 18.7. The van der Waals surface area contributed by atoms with Gasteiger partial charge in [-0.3, -0.25) is 9.80 Å². The molecule has 1 aliphatic carbocycles. The lowest BCUT2D eigenvalue weighted by Gasteiger charge is -2.49. The van der Waals surface area contributed by atoms with E-state index < -0.39 is 5.54 Å². The zero-order valence-electron chi connectivity index (χ0n) is 18.9. The van der Waals surface area contributed by atoms with Gasteiger partial charge in [0.1, 0.15) is 12.1 Å². The topological polar surface area (TPSA) is 23.6 Å². The predicted molar refractivity (Wildman–Crippen MR) is 129 cm³/mol. The molecule has 1 heterocycles. The van der Waals surface area contributed by atoms with Crippen LogP contribution in [0.15, 0.2) is 84.9 Å². The van der Waals surface area contributed by atoms with Crippen molar-refractivity contribution in [2.45, 2.75) is 30.8 Å². The minimum Gasteiger partial charge on any atom is -0.303 e. The lowest BCUT2D eigenvalue weighted by molar-refractivity contribution is -0.110. The van der Waals surface area contributed by atoms with Crippen LogP contribution in [0.2, 0.25) is 0 Å². The molecule has 1 saturated carbocycles. The Morgan fingerprint density at radius 3 is 1.85 bits per heavy atom. The highest BCUT2D eigenvalue weighted by Crippen LogP contribution is 2.46. The predicted octanol–water partition coefficient (Wildman–Crippen LogP) is 5.43. The molecular weight excluding hydrogens is 411 g/mol. The molecule has 2 fully saturated rings. The second-order valence-corrected chi connectivity index (χ2v) is 9.32. The van der Waals surface area contributed by atoms with E-state index in [1.54, 1.807) is 12.1 Å². The van der Waals surface area contributed by atoms with Crippen LogP contribution in [-0.2, 0) is 10.3 Å². The molecule has 1 saturated heterocycles. The maximum atomic E-state index is 13.5. The third kappa shape index (κ3) is 4.38. The zero-order chi connectivity index (χ0) is 22.7. The highest BCUT2D eigenvalue weighted by molar-refractivity contribution is 5.57. The van der Waals surface area contributed by atoms with Gasteiger partial charge in [-0.1, -0.05) is 72.8 Å². The van der Waals surface area contributed by atoms with Crippen LogP contribution in [0.25, 0.3) is 0 Å². The van der Waals surface area contributed by atoms with E-state index in [-0.39, 0.29) is 5.82 Å². The number of aldehydes is 1. The van der Waals surface area contributed by atoms with Crippen LogP contribution in [0.3, 0.4) is 0 Å². The fourth-order valence-electron chi connectivity index (χ4n) is 5.68. The van der Waals surface area contributed by atoms with E-state index in [1.807, 2.05) is 24.3 Å². The van der Waals surface area contributed by atoms with Gasteiger partial charge in [-0.2, -0.15) is 0 Å². The standard InChI is InChI=1S/C29H31FN2O/c30-27-15-13-24(14-16-27)28(23-11-12-23)31-18-20-32(21-19-31)29(17-22-33,25-7-3-1-4-8-25)26-9-5-2-6-10-26/h1-10,13-16,22-23,28H,11-12,17-21H2. The first-order valence-electron chi connectivity index (χ1n) is 12.0. The molecule has 4 heteroatoms. The molecule has 0 N–H and O–H groups in total. The van der Waals surface area contributed by atoms with Gasteiger partial charge in [0.2, 0.25) is 0 Å². The third-order valence-electron chi connectivity index (χ3n) is 7.41. The summed E-state index contributed by atoms with van der Waals surface area (Å²) in [6, 6.07) is 28.3. The van der Waals surface area contributed by atoms with Crippen molar-refractivity contribution in [3.63, 3.8) is 0 Å². The Labute approximate surface area is 195 Å². The van der Waals surface area contributed by atoms with Crippen molar-refractivity contribution in [2.75, 3.05) is 26.2 Å². The van der Waals surface area contributed by atoms with E-state index >= 15 is 0 Å². The minimum absolute atomic E-state index is 0.178. The molecule has 3 aromatic carbocycles. The number of piperazine rings is 1. The molecule has 0 spiro atoms. The lowest BCUT2D eigenvalue weighted by Crippen LogP contribution is -2.56. The summed E-state index contributed by atoms with van der Waals surface area (Å²) in [5.41, 5.74) is 3.07. The van der Waals surface area contributed by atoms with Gasteiger partial charge in [0.15, 0.2) is 0 Å². The number of rotatable bonds is 8. The fourth-order valence-corrected chi connectivity index (χ4v) is 5.68. The molecule has 0 aromatic heterocycles. The largest absolute Gasteiger partial charge is 0.303 e. The van der Waals surface area contributed by atoms with Crippen molar-refractivity contribution in [3.8, 4) is 0 Å². The Morgan fingerprint density at radius 1 is 0.818 bits per heavy atom. The molecule has 1 unspecified atom stereocenters. The first-order valence-corrected chi connectivity index (χ1v) is 12.0. The first-order chi connectivity index (χ1) is 16.2. The Kier molecular flexibility index (Phi) is 6.39. The van der Waals surface area contributed by atoms with Gasteiger partial charge in [0.05, 0.1) is 5.54 Å². The zero-order valence-corrected chi connectivity index (χ0v) is 18.9. The van der Waals surface area contributed by atoms with Crippen LogP contribution in [0.5, 0.6) is 0 Å². The summed E-state index contributed by atoms with van der Waals surface area (Å²) in [5.74, 6) is 0.479. The van der Waals surface area contributed by atoms with E-state index in [9.17, 15) is 9.18 Å². The van der Waals surface area contributed by atoms with Crippen LogP contribution in [0, 0.1) is 11.7 Å². The van der Waals surface area contributed by atoms with Crippen molar-refractivity contribution < 1.29 is 9.18 Å². The Morgan fingerprint density at radius 2 is 1.36 bits per heavy atom. The number of benzene rings is 3. The highest BCUT2D eigenvalue weighted by atomic mass is 19.1. The van der Waals surface area contributed by atoms with E-state index in [4.69, 9.17) is 0 Å². The summed E-state index contributed by atoms with van der Waals surface area (Å²) in [5, 5.41) is 0. The van der Waals surface area contributed by atoms with E-state index in [1.165, 1.54) is 18.4 Å². The van der Waals surface area contributed by atoms with Crippen molar-refractivity contribution >= 4 is 6.29 Å². The van der Waals surface area contributed by atoms with Gasteiger partial charge in [-0.05, 0) is 47.6 Å². The quantitative estimate of drug-likeness (QED) is 0.435. The number of nitrogens with zero attached hydrogens (tertiary/aromatic N) is 2.